The smallest absolute Gasteiger partial charge is 0.144 e. The molecule has 0 spiro atoms. The predicted molar refractivity (Wildman–Crippen MR) is 85.5 cm³/mol. The van der Waals surface area contributed by atoms with Gasteiger partial charge in [-0.3, -0.25) is 0 Å². The molecule has 1 heterocycles. The van der Waals surface area contributed by atoms with Crippen molar-refractivity contribution in [2.45, 2.75) is 51.5 Å². The van der Waals surface area contributed by atoms with E-state index in [4.69, 9.17) is 23.2 Å². The highest BCUT2D eigenvalue weighted by molar-refractivity contribution is 6.31. The summed E-state index contributed by atoms with van der Waals surface area (Å²) in [6.07, 6.45) is 4.54. The zero-order valence-corrected chi connectivity index (χ0v) is 13.8. The molecule has 0 unspecified atom stereocenters. The molecule has 0 bridgehead atoms. The van der Waals surface area contributed by atoms with Crippen molar-refractivity contribution in [3.8, 4) is 0 Å². The van der Waals surface area contributed by atoms with Crippen LogP contribution in [0.5, 0.6) is 0 Å². The lowest BCUT2D eigenvalue weighted by Crippen LogP contribution is -2.24. The molecule has 0 aliphatic heterocycles. The van der Waals surface area contributed by atoms with Crippen LogP contribution in [0, 0.1) is 11.2 Å². The number of halogens is 3. The lowest BCUT2D eigenvalue weighted by molar-refractivity contribution is 0.194. The maximum absolute atomic E-state index is 13.6. The van der Waals surface area contributed by atoms with Gasteiger partial charge < -0.3 is 4.57 Å². The Morgan fingerprint density at radius 2 is 2.00 bits per heavy atom. The molecule has 1 aromatic heterocycles. The maximum Gasteiger partial charge on any atom is 0.144 e. The number of benzene rings is 1. The van der Waals surface area contributed by atoms with Crippen molar-refractivity contribution < 1.29 is 4.39 Å². The van der Waals surface area contributed by atoms with E-state index in [-0.39, 0.29) is 5.02 Å². The number of rotatable bonds is 2. The molecule has 114 valence electrons. The first-order valence-electron chi connectivity index (χ1n) is 7.33. The van der Waals surface area contributed by atoms with Crippen LogP contribution in [-0.4, -0.2) is 9.55 Å². The highest BCUT2D eigenvalue weighted by atomic mass is 35.5. The molecular formula is C16H19Cl2FN2. The van der Waals surface area contributed by atoms with E-state index < -0.39 is 5.82 Å². The molecule has 21 heavy (non-hydrogen) atoms. The van der Waals surface area contributed by atoms with Crippen molar-refractivity contribution in [2.24, 2.45) is 5.41 Å². The molecule has 1 aliphatic carbocycles. The second-order valence-corrected chi connectivity index (χ2v) is 7.36. The minimum atomic E-state index is -0.431. The van der Waals surface area contributed by atoms with Crippen LogP contribution in [-0.2, 0) is 5.88 Å². The molecule has 1 aliphatic rings. The van der Waals surface area contributed by atoms with E-state index in [9.17, 15) is 4.39 Å². The SMILES string of the molecule is CC1(C)CCC(n2c(CCl)nc3cc(F)c(Cl)cc32)CC1. The van der Waals surface area contributed by atoms with Crippen LogP contribution in [0.3, 0.4) is 0 Å². The fourth-order valence-electron chi connectivity index (χ4n) is 3.28. The standard InChI is InChI=1S/C16H19Cl2FN2/c1-16(2)5-3-10(4-6-16)21-14-7-11(18)12(19)8-13(14)20-15(21)9-17/h7-8,10H,3-6,9H2,1-2H3. The largest absolute Gasteiger partial charge is 0.324 e. The van der Waals surface area contributed by atoms with Crippen molar-refractivity contribution in [1.29, 1.82) is 0 Å². The Balaban J connectivity index is 2.06. The van der Waals surface area contributed by atoms with Crippen molar-refractivity contribution in [2.75, 3.05) is 0 Å². The first kappa shape index (κ1) is 15.1. The Hall–Kier alpha value is -0.800. The Kier molecular flexibility index (Phi) is 3.91. The van der Waals surface area contributed by atoms with Crippen LogP contribution in [0.2, 0.25) is 5.02 Å². The van der Waals surface area contributed by atoms with E-state index in [0.717, 1.165) is 24.2 Å². The van der Waals surface area contributed by atoms with E-state index in [1.807, 2.05) is 0 Å². The second-order valence-electron chi connectivity index (χ2n) is 6.68. The third kappa shape index (κ3) is 2.78. The van der Waals surface area contributed by atoms with Crippen LogP contribution in [0.15, 0.2) is 12.1 Å². The summed E-state index contributed by atoms with van der Waals surface area (Å²) in [4.78, 5) is 4.48. The Morgan fingerprint density at radius 1 is 1.33 bits per heavy atom. The Bertz CT molecular complexity index is 668. The number of imidazole rings is 1. The molecule has 0 N–H and O–H groups in total. The van der Waals surface area contributed by atoms with Gasteiger partial charge in [-0.25, -0.2) is 9.37 Å². The topological polar surface area (TPSA) is 17.8 Å². The fourth-order valence-corrected chi connectivity index (χ4v) is 3.63. The van der Waals surface area contributed by atoms with Gasteiger partial charge in [-0.15, -0.1) is 11.6 Å². The molecule has 2 nitrogen and oxygen atoms in total. The minimum absolute atomic E-state index is 0.140. The van der Waals surface area contributed by atoms with E-state index in [1.165, 1.54) is 18.9 Å². The average molecular weight is 329 g/mol. The van der Waals surface area contributed by atoms with Crippen molar-refractivity contribution in [3.63, 3.8) is 0 Å². The number of aromatic nitrogens is 2. The highest BCUT2D eigenvalue weighted by Gasteiger charge is 2.29. The fraction of sp³-hybridized carbons (Fsp3) is 0.562. The Labute approximate surface area is 134 Å². The normalized spacial score (nSPS) is 19.3. The van der Waals surface area contributed by atoms with Gasteiger partial charge in [-0.2, -0.15) is 0 Å². The van der Waals surface area contributed by atoms with E-state index in [1.54, 1.807) is 6.07 Å². The van der Waals surface area contributed by atoms with Crippen molar-refractivity contribution in [3.05, 3.63) is 28.8 Å². The van der Waals surface area contributed by atoms with Gasteiger partial charge in [-0.05, 0) is 37.2 Å². The highest BCUT2D eigenvalue weighted by Crippen LogP contribution is 2.42. The summed E-state index contributed by atoms with van der Waals surface area (Å²) >= 11 is 12.0. The molecule has 2 aromatic rings. The molecule has 1 aromatic carbocycles. The van der Waals surface area contributed by atoms with Crippen LogP contribution in [0.25, 0.3) is 11.0 Å². The minimum Gasteiger partial charge on any atom is -0.324 e. The summed E-state index contributed by atoms with van der Waals surface area (Å²) in [6, 6.07) is 3.45. The summed E-state index contributed by atoms with van der Waals surface area (Å²) in [5.74, 6) is 0.700. The van der Waals surface area contributed by atoms with Gasteiger partial charge in [0.15, 0.2) is 0 Å². The van der Waals surface area contributed by atoms with Crippen molar-refractivity contribution in [1.82, 2.24) is 9.55 Å². The summed E-state index contributed by atoms with van der Waals surface area (Å²) < 4.78 is 15.8. The molecular weight excluding hydrogens is 310 g/mol. The van der Waals surface area contributed by atoms with Gasteiger partial charge in [0.05, 0.1) is 21.9 Å². The maximum atomic E-state index is 13.6. The monoisotopic (exact) mass is 328 g/mol. The first-order valence-corrected chi connectivity index (χ1v) is 8.24. The zero-order valence-electron chi connectivity index (χ0n) is 12.3. The van der Waals surface area contributed by atoms with Crippen LogP contribution >= 0.6 is 23.2 Å². The van der Waals surface area contributed by atoms with Crippen LogP contribution in [0.1, 0.15) is 51.4 Å². The zero-order chi connectivity index (χ0) is 15.2. The molecule has 5 heteroatoms. The van der Waals surface area contributed by atoms with Gasteiger partial charge >= 0.3 is 0 Å². The lowest BCUT2D eigenvalue weighted by atomic mass is 9.75. The second kappa shape index (κ2) is 5.44. The quantitative estimate of drug-likeness (QED) is 0.645. The number of alkyl halides is 1. The summed E-state index contributed by atoms with van der Waals surface area (Å²) in [5.41, 5.74) is 1.93. The van der Waals surface area contributed by atoms with E-state index in [0.29, 0.717) is 22.9 Å². The number of hydrogen-bond acceptors (Lipinski definition) is 1. The number of hydrogen-bond donors (Lipinski definition) is 0. The molecule has 0 radical (unpaired) electrons. The van der Waals surface area contributed by atoms with Gasteiger partial charge in [0.2, 0.25) is 0 Å². The summed E-state index contributed by atoms with van der Waals surface area (Å²) in [7, 11) is 0. The third-order valence-electron chi connectivity index (χ3n) is 4.60. The summed E-state index contributed by atoms with van der Waals surface area (Å²) in [5, 5.41) is 0.140. The van der Waals surface area contributed by atoms with Crippen LogP contribution < -0.4 is 0 Å². The molecule has 1 fully saturated rings. The Morgan fingerprint density at radius 3 is 2.62 bits per heavy atom. The van der Waals surface area contributed by atoms with E-state index in [2.05, 4.69) is 23.4 Å². The van der Waals surface area contributed by atoms with Crippen molar-refractivity contribution >= 4 is 34.2 Å². The molecule has 0 atom stereocenters. The van der Waals surface area contributed by atoms with E-state index >= 15 is 0 Å². The number of fused-ring (bicyclic) bond motifs is 1. The molecule has 0 saturated heterocycles. The average Bonchev–Trinajstić information content (AvgIpc) is 2.77. The molecule has 1 saturated carbocycles. The predicted octanol–water partition coefficient (Wildman–Crippen LogP) is 5.71. The number of nitrogens with zero attached hydrogens (tertiary/aromatic N) is 2. The van der Waals surface area contributed by atoms with Gasteiger partial charge in [0.1, 0.15) is 11.6 Å². The summed E-state index contributed by atoms with van der Waals surface area (Å²) in [6.45, 7) is 4.62. The van der Waals surface area contributed by atoms with Gasteiger partial charge in [0, 0.05) is 12.1 Å². The lowest BCUT2D eigenvalue weighted by Gasteiger charge is -2.35. The van der Waals surface area contributed by atoms with Gasteiger partial charge in [-0.1, -0.05) is 25.4 Å². The van der Waals surface area contributed by atoms with Gasteiger partial charge in [0.25, 0.3) is 0 Å². The first-order chi connectivity index (χ1) is 9.91. The third-order valence-corrected chi connectivity index (χ3v) is 5.13. The molecule has 3 rings (SSSR count). The van der Waals surface area contributed by atoms with Crippen LogP contribution in [0.4, 0.5) is 4.39 Å². The molecule has 0 amide bonds.